The van der Waals surface area contributed by atoms with Gasteiger partial charge in [-0.1, -0.05) is 146 Å². The van der Waals surface area contributed by atoms with Crippen molar-refractivity contribution in [2.75, 3.05) is 0 Å². The average Bonchev–Trinajstić information content (AvgIpc) is 3.54. The van der Waals surface area contributed by atoms with E-state index in [1.807, 2.05) is 48.5 Å². The highest BCUT2D eigenvalue weighted by Gasteiger charge is 2.21. The molecule has 0 spiro atoms. The fourth-order valence-electron chi connectivity index (χ4n) is 6.68. The normalized spacial score (nSPS) is 11.4. The SMILES string of the molecule is c1ccc(-c2cc(-c3ccccc3)nc(-c3ccc4oc5ccccc5c4c3-c3ccc(-c4cccc5ccccc45)cc3)n2)cc1. The van der Waals surface area contributed by atoms with Gasteiger partial charge in [0, 0.05) is 33.0 Å². The molecule has 0 unspecified atom stereocenters. The molecule has 0 N–H and O–H groups in total. The zero-order valence-electron chi connectivity index (χ0n) is 25.5. The summed E-state index contributed by atoms with van der Waals surface area (Å²) in [5.74, 6) is 0.672. The topological polar surface area (TPSA) is 38.9 Å². The van der Waals surface area contributed by atoms with Crippen LogP contribution in [-0.4, -0.2) is 9.97 Å². The zero-order valence-corrected chi connectivity index (χ0v) is 25.5. The number of para-hydroxylation sites is 1. The van der Waals surface area contributed by atoms with Crippen LogP contribution in [0.3, 0.4) is 0 Å². The van der Waals surface area contributed by atoms with Crippen LogP contribution >= 0.6 is 0 Å². The van der Waals surface area contributed by atoms with Gasteiger partial charge in [0.05, 0.1) is 11.4 Å². The Morgan fingerprint density at radius 3 is 1.70 bits per heavy atom. The lowest BCUT2D eigenvalue weighted by Gasteiger charge is -2.15. The third-order valence-electron chi connectivity index (χ3n) is 8.92. The van der Waals surface area contributed by atoms with Crippen LogP contribution in [-0.2, 0) is 0 Å². The summed E-state index contributed by atoms with van der Waals surface area (Å²) in [6.45, 7) is 0. The first-order valence-corrected chi connectivity index (χ1v) is 15.8. The lowest BCUT2D eigenvalue weighted by molar-refractivity contribution is 0.669. The van der Waals surface area contributed by atoms with Crippen LogP contribution in [0, 0.1) is 0 Å². The van der Waals surface area contributed by atoms with Gasteiger partial charge < -0.3 is 4.42 Å². The largest absolute Gasteiger partial charge is 0.456 e. The second-order valence-corrected chi connectivity index (χ2v) is 11.8. The van der Waals surface area contributed by atoms with E-state index in [1.54, 1.807) is 0 Å². The predicted octanol–water partition coefficient (Wildman–Crippen LogP) is 11.9. The third kappa shape index (κ3) is 4.77. The Balaban J connectivity index is 1.29. The summed E-state index contributed by atoms with van der Waals surface area (Å²) < 4.78 is 6.39. The predicted molar refractivity (Wildman–Crippen MR) is 194 cm³/mol. The van der Waals surface area contributed by atoms with Crippen molar-refractivity contribution in [1.29, 1.82) is 0 Å². The summed E-state index contributed by atoms with van der Waals surface area (Å²) in [5, 5.41) is 4.60. The van der Waals surface area contributed by atoms with Crippen LogP contribution in [0.1, 0.15) is 0 Å². The molecule has 7 aromatic carbocycles. The van der Waals surface area contributed by atoms with E-state index in [2.05, 4.69) is 121 Å². The van der Waals surface area contributed by atoms with Gasteiger partial charge in [0.25, 0.3) is 0 Å². The number of nitrogens with zero attached hydrogens (tertiary/aromatic N) is 2. The van der Waals surface area contributed by atoms with E-state index in [0.29, 0.717) is 5.82 Å². The van der Waals surface area contributed by atoms with Crippen LogP contribution < -0.4 is 0 Å². The Morgan fingerprint density at radius 1 is 0.383 bits per heavy atom. The molecule has 3 nitrogen and oxygen atoms in total. The molecule has 0 aliphatic rings. The standard InChI is InChI=1S/C44H28N2O/c1-3-13-31(14-4-1)38-28-39(32-15-5-2-6-16-32)46-44(45-38)37-26-27-41-43(36-19-9-10-21-40(36)47-41)42(37)33-24-22-30(23-25-33)35-20-11-17-29-12-7-8-18-34(29)35/h1-28H. The second kappa shape index (κ2) is 11.2. The summed E-state index contributed by atoms with van der Waals surface area (Å²) >= 11 is 0. The molecule has 0 fully saturated rings. The van der Waals surface area contributed by atoms with Gasteiger partial charge >= 0.3 is 0 Å². The molecule has 220 valence electrons. The molecule has 0 aliphatic carbocycles. The first kappa shape index (κ1) is 27.0. The van der Waals surface area contributed by atoms with Gasteiger partial charge in [-0.3, -0.25) is 0 Å². The summed E-state index contributed by atoms with van der Waals surface area (Å²) in [7, 11) is 0. The summed E-state index contributed by atoms with van der Waals surface area (Å²) in [6, 6.07) is 59.0. The minimum atomic E-state index is 0.672. The molecule has 9 aromatic rings. The maximum atomic E-state index is 6.39. The molecular formula is C44H28N2O. The quantitative estimate of drug-likeness (QED) is 0.197. The maximum Gasteiger partial charge on any atom is 0.161 e. The van der Waals surface area contributed by atoms with E-state index in [-0.39, 0.29) is 0 Å². The van der Waals surface area contributed by atoms with E-state index < -0.39 is 0 Å². The molecule has 2 aromatic heterocycles. The van der Waals surface area contributed by atoms with E-state index in [0.717, 1.165) is 61.1 Å². The maximum absolute atomic E-state index is 6.39. The Kier molecular flexibility index (Phi) is 6.46. The molecule has 0 atom stereocenters. The van der Waals surface area contributed by atoms with Gasteiger partial charge in [-0.15, -0.1) is 0 Å². The monoisotopic (exact) mass is 600 g/mol. The van der Waals surface area contributed by atoms with E-state index >= 15 is 0 Å². The van der Waals surface area contributed by atoms with Crippen molar-refractivity contribution in [1.82, 2.24) is 9.97 Å². The van der Waals surface area contributed by atoms with Gasteiger partial charge in [0.15, 0.2) is 5.82 Å². The second-order valence-electron chi connectivity index (χ2n) is 11.8. The third-order valence-corrected chi connectivity index (χ3v) is 8.92. The molecule has 0 saturated heterocycles. The number of fused-ring (bicyclic) bond motifs is 4. The molecule has 0 amide bonds. The number of rotatable bonds is 5. The highest BCUT2D eigenvalue weighted by Crippen LogP contribution is 2.43. The number of benzene rings is 7. The molecule has 47 heavy (non-hydrogen) atoms. The van der Waals surface area contributed by atoms with Crippen molar-refractivity contribution in [3.63, 3.8) is 0 Å². The van der Waals surface area contributed by atoms with E-state index in [9.17, 15) is 0 Å². The van der Waals surface area contributed by atoms with Gasteiger partial charge in [-0.2, -0.15) is 0 Å². The average molecular weight is 601 g/mol. The van der Waals surface area contributed by atoms with E-state index in [1.165, 1.54) is 21.9 Å². The molecule has 0 radical (unpaired) electrons. The van der Waals surface area contributed by atoms with Crippen molar-refractivity contribution in [3.05, 3.63) is 170 Å². The molecule has 0 saturated carbocycles. The number of aromatic nitrogens is 2. The van der Waals surface area contributed by atoms with Crippen LogP contribution in [0.4, 0.5) is 0 Å². The van der Waals surface area contributed by atoms with Crippen LogP contribution in [0.2, 0.25) is 0 Å². The molecule has 0 aliphatic heterocycles. The van der Waals surface area contributed by atoms with Crippen molar-refractivity contribution in [2.24, 2.45) is 0 Å². The van der Waals surface area contributed by atoms with Crippen molar-refractivity contribution < 1.29 is 4.42 Å². The van der Waals surface area contributed by atoms with Crippen LogP contribution in [0.25, 0.3) is 88.9 Å². The summed E-state index contributed by atoms with van der Waals surface area (Å²) in [5.41, 5.74) is 11.0. The lowest BCUT2D eigenvalue weighted by atomic mass is 9.91. The summed E-state index contributed by atoms with van der Waals surface area (Å²) in [4.78, 5) is 10.4. The van der Waals surface area contributed by atoms with E-state index in [4.69, 9.17) is 14.4 Å². The zero-order chi connectivity index (χ0) is 31.2. The smallest absolute Gasteiger partial charge is 0.161 e. The Labute approximate surface area is 272 Å². The highest BCUT2D eigenvalue weighted by atomic mass is 16.3. The van der Waals surface area contributed by atoms with Gasteiger partial charge in [0.1, 0.15) is 11.2 Å². The number of furan rings is 1. The fourth-order valence-corrected chi connectivity index (χ4v) is 6.68. The van der Waals surface area contributed by atoms with Crippen LogP contribution in [0.15, 0.2) is 174 Å². The number of hydrogen-bond donors (Lipinski definition) is 0. The number of hydrogen-bond acceptors (Lipinski definition) is 3. The Hall–Kier alpha value is -6.32. The van der Waals surface area contributed by atoms with Crippen molar-refractivity contribution in [3.8, 4) is 56.2 Å². The first-order chi connectivity index (χ1) is 23.3. The lowest BCUT2D eigenvalue weighted by Crippen LogP contribution is -1.98. The van der Waals surface area contributed by atoms with Gasteiger partial charge in [0.2, 0.25) is 0 Å². The highest BCUT2D eigenvalue weighted by molar-refractivity contribution is 6.15. The van der Waals surface area contributed by atoms with Crippen LogP contribution in [0.5, 0.6) is 0 Å². The molecule has 2 heterocycles. The minimum Gasteiger partial charge on any atom is -0.456 e. The molecule has 9 rings (SSSR count). The Morgan fingerprint density at radius 2 is 0.979 bits per heavy atom. The molecule has 3 heteroatoms. The van der Waals surface area contributed by atoms with Crippen molar-refractivity contribution in [2.45, 2.75) is 0 Å². The molecule has 0 bridgehead atoms. The molecular weight excluding hydrogens is 572 g/mol. The van der Waals surface area contributed by atoms with Gasteiger partial charge in [-0.05, 0) is 51.7 Å². The summed E-state index contributed by atoms with van der Waals surface area (Å²) in [6.07, 6.45) is 0. The fraction of sp³-hybridized carbons (Fsp3) is 0. The minimum absolute atomic E-state index is 0.672. The van der Waals surface area contributed by atoms with Gasteiger partial charge in [-0.25, -0.2) is 9.97 Å². The van der Waals surface area contributed by atoms with Crippen molar-refractivity contribution >= 4 is 32.7 Å². The Bertz CT molecular complexity index is 2490. The first-order valence-electron chi connectivity index (χ1n) is 15.8.